The summed E-state index contributed by atoms with van der Waals surface area (Å²) in [6.45, 7) is 2.77. The van der Waals surface area contributed by atoms with Crippen molar-refractivity contribution in [2.75, 3.05) is 32.4 Å². The number of carbonyl (C=O) groups is 1. The van der Waals surface area contributed by atoms with Crippen LogP contribution < -0.4 is 5.32 Å². The van der Waals surface area contributed by atoms with Gasteiger partial charge in [-0.15, -0.1) is 0 Å². The highest BCUT2D eigenvalue weighted by atomic mass is 32.2. The predicted molar refractivity (Wildman–Crippen MR) is 79.4 cm³/mol. The molecule has 0 heterocycles. The van der Waals surface area contributed by atoms with Gasteiger partial charge in [0.2, 0.25) is 5.91 Å². The summed E-state index contributed by atoms with van der Waals surface area (Å²) in [7, 11) is -1.77. The van der Waals surface area contributed by atoms with E-state index in [0.29, 0.717) is 12.1 Å². The molecule has 1 rings (SSSR count). The van der Waals surface area contributed by atoms with Crippen LogP contribution in [0.4, 0.5) is 0 Å². The molecule has 7 heteroatoms. The van der Waals surface area contributed by atoms with E-state index in [1.807, 2.05) is 13.0 Å². The fourth-order valence-corrected chi connectivity index (χ4v) is 2.83. The van der Waals surface area contributed by atoms with Gasteiger partial charge in [0.25, 0.3) is 0 Å². The summed E-state index contributed by atoms with van der Waals surface area (Å²) in [5, 5.41) is 11.6. The molecule has 0 fully saturated rings. The third kappa shape index (κ3) is 5.17. The Morgan fingerprint density at radius 2 is 2.14 bits per heavy atom. The summed E-state index contributed by atoms with van der Waals surface area (Å²) in [6.07, 6.45) is 0. The van der Waals surface area contributed by atoms with E-state index in [0.717, 1.165) is 0 Å². The van der Waals surface area contributed by atoms with E-state index in [-0.39, 0.29) is 29.6 Å². The molecule has 1 aromatic rings. The molecule has 0 bridgehead atoms. The fraction of sp³-hybridized carbons (Fsp3) is 0.429. The number of amides is 1. The molecule has 0 saturated carbocycles. The lowest BCUT2D eigenvalue weighted by Crippen LogP contribution is -2.37. The minimum atomic E-state index is -3.46. The summed E-state index contributed by atoms with van der Waals surface area (Å²) < 4.78 is 24.2. The molecule has 0 unspecified atom stereocenters. The molecule has 114 valence electrons. The van der Waals surface area contributed by atoms with Crippen LogP contribution >= 0.6 is 0 Å². The zero-order valence-electron chi connectivity index (χ0n) is 12.2. The summed E-state index contributed by atoms with van der Waals surface area (Å²) in [4.78, 5) is 13.2. The highest BCUT2D eigenvalue weighted by Gasteiger charge is 2.15. The van der Waals surface area contributed by atoms with Gasteiger partial charge in [0.1, 0.15) is 0 Å². The summed E-state index contributed by atoms with van der Waals surface area (Å²) in [5.41, 5.74) is 0.309. The number of hydrogen-bond donors (Lipinski definition) is 1. The molecule has 0 aliphatic heterocycles. The molecular formula is C14H19N3O3S. The molecule has 0 atom stereocenters. The van der Waals surface area contributed by atoms with Crippen molar-refractivity contribution in [1.29, 1.82) is 5.26 Å². The Kier molecular flexibility index (Phi) is 6.34. The quantitative estimate of drug-likeness (QED) is 0.736. The standard InChI is InChI=1S/C14H19N3O3S/c1-3-17(2)14(18)11-16-7-8-21(19,20)13-6-4-5-12(9-13)10-15/h4-6,9,16H,3,7-8,11H2,1-2H3. The smallest absolute Gasteiger partial charge is 0.236 e. The Morgan fingerprint density at radius 1 is 1.43 bits per heavy atom. The normalized spacial score (nSPS) is 10.9. The Labute approximate surface area is 125 Å². The first-order valence-corrected chi connectivity index (χ1v) is 8.23. The molecule has 1 N–H and O–H groups in total. The van der Waals surface area contributed by atoms with Crippen LogP contribution in [0, 0.1) is 11.3 Å². The largest absolute Gasteiger partial charge is 0.345 e. The Balaban J connectivity index is 2.54. The molecule has 21 heavy (non-hydrogen) atoms. The number of nitrogens with one attached hydrogen (secondary N) is 1. The maximum absolute atomic E-state index is 12.1. The average molecular weight is 309 g/mol. The van der Waals surface area contributed by atoms with Gasteiger partial charge in [-0.25, -0.2) is 8.42 Å². The summed E-state index contributed by atoms with van der Waals surface area (Å²) in [6, 6.07) is 7.82. The number of sulfone groups is 1. The van der Waals surface area contributed by atoms with Gasteiger partial charge in [0.05, 0.1) is 28.8 Å². The van der Waals surface area contributed by atoms with Crippen molar-refractivity contribution in [2.45, 2.75) is 11.8 Å². The van der Waals surface area contributed by atoms with E-state index in [1.165, 1.54) is 12.1 Å². The van der Waals surface area contributed by atoms with Gasteiger partial charge in [-0.05, 0) is 25.1 Å². The average Bonchev–Trinajstić information content (AvgIpc) is 2.50. The molecule has 6 nitrogen and oxygen atoms in total. The van der Waals surface area contributed by atoms with Crippen LogP contribution in [0.2, 0.25) is 0 Å². The van der Waals surface area contributed by atoms with E-state index < -0.39 is 9.84 Å². The minimum absolute atomic E-state index is 0.0821. The second-order valence-electron chi connectivity index (χ2n) is 4.54. The Morgan fingerprint density at radius 3 is 2.76 bits per heavy atom. The van der Waals surface area contributed by atoms with Gasteiger partial charge in [0, 0.05) is 20.1 Å². The lowest BCUT2D eigenvalue weighted by Gasteiger charge is -2.14. The maximum atomic E-state index is 12.1. The second-order valence-corrected chi connectivity index (χ2v) is 6.65. The molecule has 0 aliphatic carbocycles. The number of benzene rings is 1. The number of likely N-dealkylation sites (N-methyl/N-ethyl adjacent to an activating group) is 1. The van der Waals surface area contributed by atoms with Gasteiger partial charge in [-0.3, -0.25) is 4.79 Å². The first kappa shape index (κ1) is 17.1. The zero-order valence-corrected chi connectivity index (χ0v) is 13.0. The lowest BCUT2D eigenvalue weighted by molar-refractivity contribution is -0.128. The minimum Gasteiger partial charge on any atom is -0.345 e. The van der Waals surface area contributed by atoms with Crippen LogP contribution in [0.5, 0.6) is 0 Å². The molecule has 0 aromatic heterocycles. The van der Waals surface area contributed by atoms with Crippen LogP contribution in [0.25, 0.3) is 0 Å². The third-order valence-corrected chi connectivity index (χ3v) is 4.76. The van der Waals surface area contributed by atoms with Crippen LogP contribution in [-0.2, 0) is 14.6 Å². The SMILES string of the molecule is CCN(C)C(=O)CNCCS(=O)(=O)c1cccc(C#N)c1. The van der Waals surface area contributed by atoms with Crippen molar-refractivity contribution < 1.29 is 13.2 Å². The first-order chi connectivity index (χ1) is 9.90. The van der Waals surface area contributed by atoms with Crippen molar-refractivity contribution in [1.82, 2.24) is 10.2 Å². The number of nitriles is 1. The van der Waals surface area contributed by atoms with Crippen molar-refractivity contribution in [3.8, 4) is 6.07 Å². The molecule has 1 aromatic carbocycles. The summed E-state index contributed by atoms with van der Waals surface area (Å²) >= 11 is 0. The van der Waals surface area contributed by atoms with Crippen molar-refractivity contribution in [2.24, 2.45) is 0 Å². The molecule has 0 saturated heterocycles. The fourth-order valence-electron chi connectivity index (χ4n) is 1.59. The van der Waals surface area contributed by atoms with E-state index in [9.17, 15) is 13.2 Å². The van der Waals surface area contributed by atoms with E-state index >= 15 is 0 Å². The van der Waals surface area contributed by atoms with Crippen LogP contribution in [-0.4, -0.2) is 51.7 Å². The highest BCUT2D eigenvalue weighted by Crippen LogP contribution is 2.12. The van der Waals surface area contributed by atoms with Crippen LogP contribution in [0.15, 0.2) is 29.2 Å². The summed E-state index contributed by atoms with van der Waals surface area (Å²) in [5.74, 6) is -0.202. The Hall–Kier alpha value is -1.91. The molecule has 1 amide bonds. The highest BCUT2D eigenvalue weighted by molar-refractivity contribution is 7.91. The van der Waals surface area contributed by atoms with Gasteiger partial charge in [-0.1, -0.05) is 6.07 Å². The number of nitrogens with zero attached hydrogens (tertiary/aromatic N) is 2. The van der Waals surface area contributed by atoms with Gasteiger partial charge < -0.3 is 10.2 Å². The number of carbonyl (C=O) groups excluding carboxylic acids is 1. The lowest BCUT2D eigenvalue weighted by atomic mass is 10.2. The van der Waals surface area contributed by atoms with Gasteiger partial charge in [0.15, 0.2) is 9.84 Å². The van der Waals surface area contributed by atoms with Gasteiger partial charge >= 0.3 is 0 Å². The molecule has 0 radical (unpaired) electrons. The van der Waals surface area contributed by atoms with Crippen molar-refractivity contribution in [3.63, 3.8) is 0 Å². The van der Waals surface area contributed by atoms with Crippen molar-refractivity contribution in [3.05, 3.63) is 29.8 Å². The van der Waals surface area contributed by atoms with E-state index in [1.54, 1.807) is 24.1 Å². The number of hydrogen-bond acceptors (Lipinski definition) is 5. The van der Waals surface area contributed by atoms with E-state index in [4.69, 9.17) is 5.26 Å². The number of rotatable bonds is 7. The predicted octanol–water partition coefficient (Wildman–Crippen LogP) is 0.400. The monoisotopic (exact) mass is 309 g/mol. The van der Waals surface area contributed by atoms with Crippen molar-refractivity contribution >= 4 is 15.7 Å². The zero-order chi connectivity index (χ0) is 15.9. The molecule has 0 spiro atoms. The molecule has 0 aliphatic rings. The van der Waals surface area contributed by atoms with E-state index in [2.05, 4.69) is 5.32 Å². The van der Waals surface area contributed by atoms with Gasteiger partial charge in [-0.2, -0.15) is 5.26 Å². The Bertz CT molecular complexity index is 635. The third-order valence-electron chi connectivity index (χ3n) is 3.05. The first-order valence-electron chi connectivity index (χ1n) is 6.58. The maximum Gasteiger partial charge on any atom is 0.236 e. The van der Waals surface area contributed by atoms with Crippen LogP contribution in [0.1, 0.15) is 12.5 Å². The van der Waals surface area contributed by atoms with Crippen LogP contribution in [0.3, 0.4) is 0 Å². The molecular weight excluding hydrogens is 290 g/mol. The second kappa shape index (κ2) is 7.76. The topological polar surface area (TPSA) is 90.3 Å².